The molecule has 2 aliphatic rings. The molecule has 3 aromatic carbocycles. The molecule has 65 heavy (non-hydrogen) atoms. The first-order valence-electron chi connectivity index (χ1n) is 19.4. The average molecular weight is 917 g/mol. The number of aliphatic hydroxyl groups excluding tert-OH is 4. The van der Waals surface area contributed by atoms with Gasteiger partial charge in [0.25, 0.3) is 11.8 Å². The molecule has 24 heteroatoms. The molecule has 2 fully saturated rings. The first kappa shape index (κ1) is 48.8. The highest BCUT2D eigenvalue weighted by molar-refractivity contribution is 6.02. The number of aliphatic hydroxyl groups is 4. The molecule has 3 unspecified atom stereocenters. The number of cyclic esters (lactones) is 3. The summed E-state index contributed by atoms with van der Waals surface area (Å²) < 4.78 is 26.3. The predicted molar refractivity (Wildman–Crippen MR) is 210 cm³/mol. The topological polar surface area (TPSA) is 392 Å². The lowest BCUT2D eigenvalue weighted by Crippen LogP contribution is -2.55. The van der Waals surface area contributed by atoms with Crippen molar-refractivity contribution in [2.24, 2.45) is 11.8 Å². The lowest BCUT2D eigenvalue weighted by atomic mass is 9.89. The van der Waals surface area contributed by atoms with Crippen molar-refractivity contribution in [1.29, 1.82) is 0 Å². The number of benzene rings is 3. The summed E-state index contributed by atoms with van der Waals surface area (Å²) >= 11 is 0. The molecule has 0 aromatic heterocycles. The van der Waals surface area contributed by atoms with Crippen LogP contribution in [-0.4, -0.2) is 162 Å². The number of amides is 2. The van der Waals surface area contributed by atoms with E-state index in [1.807, 2.05) is 0 Å². The van der Waals surface area contributed by atoms with Gasteiger partial charge in [0.15, 0.2) is 52.4 Å². The van der Waals surface area contributed by atoms with Gasteiger partial charge in [-0.2, -0.15) is 0 Å². The van der Waals surface area contributed by atoms with E-state index in [1.54, 1.807) is 0 Å². The van der Waals surface area contributed by atoms with Gasteiger partial charge in [-0.3, -0.25) is 24.0 Å². The van der Waals surface area contributed by atoms with Crippen molar-refractivity contribution in [3.8, 4) is 34.5 Å². The molecule has 0 bridgehead atoms. The number of esters is 4. The van der Waals surface area contributed by atoms with Crippen LogP contribution in [0, 0.1) is 11.8 Å². The number of rotatable bonds is 12. The molecule has 2 saturated heterocycles. The fraction of sp³-hybridized carbons (Fsp3) is 0.390. The Morgan fingerprint density at radius 1 is 0.677 bits per heavy atom. The van der Waals surface area contributed by atoms with Crippen LogP contribution >= 0.6 is 0 Å². The van der Waals surface area contributed by atoms with Crippen molar-refractivity contribution in [1.82, 2.24) is 10.6 Å². The van der Waals surface area contributed by atoms with Crippen LogP contribution in [0.3, 0.4) is 0 Å². The third-order valence-electron chi connectivity index (χ3n) is 10.2. The number of phenolic OH excluding ortho intramolecular Hbond substituents is 6. The average Bonchev–Trinajstić information content (AvgIpc) is 3.28. The van der Waals surface area contributed by atoms with Gasteiger partial charge in [0.05, 0.1) is 35.1 Å². The minimum absolute atomic E-state index is 0.291. The molecule has 12 N–H and O–H groups in total. The van der Waals surface area contributed by atoms with Gasteiger partial charge in [0, 0.05) is 6.42 Å². The number of carbonyl (C=O) groups is 7. The maximum absolute atomic E-state index is 13.9. The highest BCUT2D eigenvalue weighted by Gasteiger charge is 2.45. The summed E-state index contributed by atoms with van der Waals surface area (Å²) in [7, 11) is 0. The predicted octanol–water partition coefficient (Wildman–Crippen LogP) is -1.96. The van der Waals surface area contributed by atoms with E-state index in [1.165, 1.54) is 19.1 Å². The van der Waals surface area contributed by atoms with Crippen LogP contribution in [0.2, 0.25) is 0 Å². The van der Waals surface area contributed by atoms with Gasteiger partial charge in [-0.25, -0.2) is 9.59 Å². The number of carbonyl (C=O) groups excluding carboxylic acids is 7. The van der Waals surface area contributed by atoms with Gasteiger partial charge < -0.3 is 85.4 Å². The van der Waals surface area contributed by atoms with Crippen LogP contribution in [-0.2, 0) is 42.9 Å². The molecular weight excluding hydrogens is 872 g/mol. The second-order valence-electron chi connectivity index (χ2n) is 14.8. The second-order valence-corrected chi connectivity index (χ2v) is 14.8. The van der Waals surface area contributed by atoms with Crippen LogP contribution in [0.1, 0.15) is 56.1 Å². The van der Waals surface area contributed by atoms with Gasteiger partial charge in [0.2, 0.25) is 0 Å². The SMILES string of the molecule is CC(CO)C(=O)OCC1O[C@@H](c2cc(O)c(O)c(C(=O)C[C@H]3COC(=O)[C@@H](NC(=O)c4cccc(O)c4O)COC(=O)[C@@H](NC(=O)c4cccc(O)c4O)COC3=O)c2)C(O)[C@@H](O)[C@@H]1O. The van der Waals surface area contributed by atoms with Gasteiger partial charge >= 0.3 is 23.9 Å². The minimum Gasteiger partial charge on any atom is -0.504 e. The van der Waals surface area contributed by atoms with E-state index in [9.17, 15) is 84.6 Å². The Morgan fingerprint density at radius 2 is 1.18 bits per heavy atom. The van der Waals surface area contributed by atoms with E-state index in [-0.39, 0.29) is 5.56 Å². The van der Waals surface area contributed by atoms with Crippen molar-refractivity contribution in [3.63, 3.8) is 0 Å². The Balaban J connectivity index is 1.43. The largest absolute Gasteiger partial charge is 0.504 e. The van der Waals surface area contributed by atoms with E-state index < -0.39 is 187 Å². The highest BCUT2D eigenvalue weighted by Crippen LogP contribution is 2.39. The highest BCUT2D eigenvalue weighted by atomic mass is 16.6. The zero-order valence-electron chi connectivity index (χ0n) is 33.9. The van der Waals surface area contributed by atoms with E-state index in [0.29, 0.717) is 0 Å². The van der Waals surface area contributed by atoms with Crippen LogP contribution in [0.4, 0.5) is 0 Å². The first-order valence-corrected chi connectivity index (χ1v) is 19.4. The summed E-state index contributed by atoms with van der Waals surface area (Å²) in [5.41, 5.74) is -2.13. The third-order valence-corrected chi connectivity index (χ3v) is 10.2. The van der Waals surface area contributed by atoms with Gasteiger partial charge in [-0.15, -0.1) is 0 Å². The lowest BCUT2D eigenvalue weighted by molar-refractivity contribution is -0.235. The summed E-state index contributed by atoms with van der Waals surface area (Å²) in [4.78, 5) is 92.7. The Hall–Kier alpha value is -7.25. The molecule has 9 atom stereocenters. The van der Waals surface area contributed by atoms with Gasteiger partial charge in [0.1, 0.15) is 56.9 Å². The Bertz CT molecular complexity index is 2250. The lowest BCUT2D eigenvalue weighted by Gasteiger charge is -2.40. The first-order chi connectivity index (χ1) is 30.7. The van der Waals surface area contributed by atoms with Crippen molar-refractivity contribution < 1.29 is 108 Å². The maximum atomic E-state index is 13.9. The Labute approximate surface area is 366 Å². The quantitative estimate of drug-likeness (QED) is 0.0406. The van der Waals surface area contributed by atoms with Crippen molar-refractivity contribution in [2.45, 2.75) is 55.9 Å². The molecule has 0 radical (unpaired) electrons. The van der Waals surface area contributed by atoms with E-state index in [0.717, 1.165) is 36.4 Å². The monoisotopic (exact) mass is 916 g/mol. The molecular formula is C41H44N2O22. The number of ketones is 1. The zero-order valence-corrected chi connectivity index (χ0v) is 33.9. The number of nitrogens with one attached hydrogen (secondary N) is 2. The summed E-state index contributed by atoms with van der Waals surface area (Å²) in [6, 6.07) is 4.41. The molecule has 350 valence electrons. The summed E-state index contributed by atoms with van der Waals surface area (Å²) in [5, 5.41) is 107. The maximum Gasteiger partial charge on any atom is 0.332 e. The van der Waals surface area contributed by atoms with E-state index in [2.05, 4.69) is 10.6 Å². The molecule has 2 heterocycles. The molecule has 24 nitrogen and oxygen atoms in total. The minimum atomic E-state index is -1.96. The second kappa shape index (κ2) is 21.0. The smallest absolute Gasteiger partial charge is 0.332 e. The summed E-state index contributed by atoms with van der Waals surface area (Å²) in [6.45, 7) is -3.02. The zero-order chi connectivity index (χ0) is 47.9. The van der Waals surface area contributed by atoms with Crippen LogP contribution in [0.25, 0.3) is 0 Å². The van der Waals surface area contributed by atoms with Gasteiger partial charge in [-0.05, 0) is 48.9 Å². The van der Waals surface area contributed by atoms with E-state index >= 15 is 0 Å². The number of para-hydroxylation sites is 2. The number of Topliss-reactive ketones (excluding diaryl/α,β-unsaturated/α-hetero) is 1. The van der Waals surface area contributed by atoms with Crippen LogP contribution in [0.15, 0.2) is 48.5 Å². The number of phenols is 6. The third kappa shape index (κ3) is 11.3. The molecule has 0 aliphatic carbocycles. The van der Waals surface area contributed by atoms with E-state index in [4.69, 9.17) is 23.7 Å². The molecule has 0 saturated carbocycles. The number of aromatic hydroxyl groups is 6. The summed E-state index contributed by atoms with van der Waals surface area (Å²) in [5.74, 6) is -16.7. The molecule has 2 amide bonds. The Morgan fingerprint density at radius 3 is 1.72 bits per heavy atom. The Kier molecular flexibility index (Phi) is 15.7. The van der Waals surface area contributed by atoms with Crippen LogP contribution in [0.5, 0.6) is 34.5 Å². The van der Waals surface area contributed by atoms with Crippen molar-refractivity contribution in [3.05, 3.63) is 70.8 Å². The molecule has 5 rings (SSSR count). The number of ether oxygens (including phenoxy) is 5. The standard InChI is InChI=1S/C41H44N2O22/c1-16(11-44)38(57)64-15-28-32(52)33(53)34(54)35(65-28)17-8-21(31(51)27(48)9-17)26(47)10-18-12-61-40(59)23(43-37(56)20-5-3-7-25(46)30(20)50)14-63-41(60)22(13-62-39(18)58)42-36(55)19-4-2-6-24(45)29(19)49/h2-9,16,18,22-23,28,32-35,44-46,48-54H,10-15H2,1H3,(H,42,55)(H,43,56)/t16?,18-,22-,23-,28?,32+,33-,34?,35-/m0/s1. The molecule has 0 spiro atoms. The van der Waals surface area contributed by atoms with Crippen molar-refractivity contribution >= 4 is 41.5 Å². The van der Waals surface area contributed by atoms with Crippen LogP contribution < -0.4 is 10.6 Å². The molecule has 2 aliphatic heterocycles. The number of hydrogen-bond acceptors (Lipinski definition) is 22. The fourth-order valence-corrected chi connectivity index (χ4v) is 6.38. The summed E-state index contributed by atoms with van der Waals surface area (Å²) in [6.07, 6.45) is -9.96. The van der Waals surface area contributed by atoms with Gasteiger partial charge in [-0.1, -0.05) is 12.1 Å². The number of hydrogen-bond donors (Lipinski definition) is 12. The van der Waals surface area contributed by atoms with Crippen molar-refractivity contribution in [2.75, 3.05) is 33.0 Å². The fourth-order valence-electron chi connectivity index (χ4n) is 6.38. The normalized spacial score (nSPS) is 24.4. The molecule has 3 aromatic rings.